The molecule has 4 nitrogen and oxygen atoms in total. The third kappa shape index (κ3) is 3.60. The molecule has 0 N–H and O–H groups in total. The van der Waals surface area contributed by atoms with E-state index < -0.39 is 18.0 Å². The van der Waals surface area contributed by atoms with E-state index in [0.29, 0.717) is 0 Å². The van der Waals surface area contributed by atoms with Gasteiger partial charge in [-0.3, -0.25) is 4.79 Å². The van der Waals surface area contributed by atoms with Crippen molar-refractivity contribution in [3.8, 4) is 6.07 Å². The summed E-state index contributed by atoms with van der Waals surface area (Å²) in [6, 6.07) is 2.88. The molecule has 0 aromatic carbocycles. The molecule has 0 unspecified atom stereocenters. The van der Waals surface area contributed by atoms with Crippen molar-refractivity contribution in [3.05, 3.63) is 26.6 Å². The number of nitrogens with zero attached hydrogens (tertiary/aromatic N) is 2. The summed E-state index contributed by atoms with van der Waals surface area (Å²) in [5.74, 6) is -0.505. The molecule has 0 saturated heterocycles. The second-order valence-electron chi connectivity index (χ2n) is 3.26. The van der Waals surface area contributed by atoms with E-state index in [4.69, 9.17) is 10.00 Å². The summed E-state index contributed by atoms with van der Waals surface area (Å²) in [5.41, 5.74) is -0.312. The van der Waals surface area contributed by atoms with Crippen molar-refractivity contribution in [1.82, 2.24) is 4.98 Å². The van der Waals surface area contributed by atoms with E-state index in [0.717, 1.165) is 0 Å². The van der Waals surface area contributed by atoms with Crippen molar-refractivity contribution in [2.24, 2.45) is 0 Å². The summed E-state index contributed by atoms with van der Waals surface area (Å²) in [6.07, 6.45) is -2.90. The van der Waals surface area contributed by atoms with Gasteiger partial charge in [0, 0.05) is 0 Å². The number of pyridine rings is 1. The maximum Gasteiger partial charge on any atom is 0.311 e. The number of rotatable bonds is 4. The highest BCUT2D eigenvalue weighted by molar-refractivity contribution is 14.1. The van der Waals surface area contributed by atoms with Crippen LogP contribution in [0.4, 0.5) is 8.78 Å². The third-order valence-corrected chi connectivity index (χ3v) is 2.86. The predicted molar refractivity (Wildman–Crippen MR) is 67.0 cm³/mol. The quantitative estimate of drug-likeness (QED) is 0.467. The van der Waals surface area contributed by atoms with Crippen molar-refractivity contribution in [2.45, 2.75) is 19.8 Å². The van der Waals surface area contributed by atoms with Crippen LogP contribution in [0.3, 0.4) is 0 Å². The zero-order valence-electron chi connectivity index (χ0n) is 9.41. The highest BCUT2D eigenvalue weighted by Gasteiger charge is 2.20. The van der Waals surface area contributed by atoms with Crippen LogP contribution in [-0.2, 0) is 16.0 Å². The number of hydrogen-bond donors (Lipinski definition) is 0. The molecular formula is C11H9F2IN2O2. The topological polar surface area (TPSA) is 63.0 Å². The van der Waals surface area contributed by atoms with Gasteiger partial charge in [-0.1, -0.05) is 0 Å². The number of halogens is 3. The average Bonchev–Trinajstić information content (AvgIpc) is 2.27. The van der Waals surface area contributed by atoms with Crippen molar-refractivity contribution in [1.29, 1.82) is 5.26 Å². The van der Waals surface area contributed by atoms with Crippen LogP contribution in [0.15, 0.2) is 6.07 Å². The van der Waals surface area contributed by atoms with Crippen LogP contribution >= 0.6 is 22.6 Å². The number of carbonyl (C=O) groups is 1. The molecule has 96 valence electrons. The molecule has 0 aliphatic heterocycles. The van der Waals surface area contributed by atoms with Crippen molar-refractivity contribution in [2.75, 3.05) is 6.61 Å². The third-order valence-electron chi connectivity index (χ3n) is 2.03. The molecule has 0 bridgehead atoms. The van der Waals surface area contributed by atoms with Crippen LogP contribution in [0.5, 0.6) is 0 Å². The molecule has 1 heterocycles. The minimum absolute atomic E-state index is 0.0287. The summed E-state index contributed by atoms with van der Waals surface area (Å²) in [4.78, 5) is 15.1. The first-order valence-corrected chi connectivity index (χ1v) is 6.10. The fourth-order valence-electron chi connectivity index (χ4n) is 1.32. The Bertz CT molecular complexity index is 501. The number of carbonyl (C=O) groups excluding carboxylic acids is 1. The molecule has 0 radical (unpaired) electrons. The highest BCUT2D eigenvalue weighted by Crippen LogP contribution is 2.27. The molecule has 1 rings (SSSR count). The zero-order chi connectivity index (χ0) is 13.7. The van der Waals surface area contributed by atoms with Crippen molar-refractivity contribution in [3.63, 3.8) is 0 Å². The monoisotopic (exact) mass is 366 g/mol. The minimum atomic E-state index is -2.77. The first kappa shape index (κ1) is 14.8. The maximum absolute atomic E-state index is 12.7. The van der Waals surface area contributed by atoms with Crippen LogP contribution < -0.4 is 0 Å². The summed E-state index contributed by atoms with van der Waals surface area (Å²) in [6.45, 7) is 1.89. The first-order chi connectivity index (χ1) is 8.49. The van der Waals surface area contributed by atoms with Crippen LogP contribution in [0, 0.1) is 15.0 Å². The molecule has 7 heteroatoms. The SMILES string of the molecule is CCOC(=O)Cc1cc(C#N)c(C(F)F)c(I)n1. The van der Waals surface area contributed by atoms with E-state index in [9.17, 15) is 13.6 Å². The Balaban J connectivity index is 3.08. The fraction of sp³-hybridized carbons (Fsp3) is 0.364. The zero-order valence-corrected chi connectivity index (χ0v) is 11.6. The number of hydrogen-bond acceptors (Lipinski definition) is 4. The Morgan fingerprint density at radius 2 is 2.33 bits per heavy atom. The smallest absolute Gasteiger partial charge is 0.311 e. The summed E-state index contributed by atoms with van der Waals surface area (Å²) >= 11 is 1.62. The lowest BCUT2D eigenvalue weighted by atomic mass is 10.1. The molecule has 0 amide bonds. The Labute approximate surface area is 116 Å². The number of ether oxygens (including phenoxy) is 1. The van der Waals surface area contributed by atoms with Gasteiger partial charge in [0.1, 0.15) is 3.70 Å². The van der Waals surface area contributed by atoms with Gasteiger partial charge in [0.2, 0.25) is 0 Å². The molecule has 0 spiro atoms. The van der Waals surface area contributed by atoms with Gasteiger partial charge in [-0.05, 0) is 35.6 Å². The van der Waals surface area contributed by atoms with Crippen LogP contribution in [-0.4, -0.2) is 17.6 Å². The normalized spacial score (nSPS) is 10.2. The number of aromatic nitrogens is 1. The second kappa shape index (κ2) is 6.58. The van der Waals surface area contributed by atoms with Crippen molar-refractivity contribution < 1.29 is 18.3 Å². The van der Waals surface area contributed by atoms with Gasteiger partial charge in [0.15, 0.2) is 0 Å². The lowest BCUT2D eigenvalue weighted by molar-refractivity contribution is -0.142. The van der Waals surface area contributed by atoms with Crippen LogP contribution in [0.25, 0.3) is 0 Å². The molecule has 0 aliphatic rings. The van der Waals surface area contributed by atoms with E-state index in [1.807, 2.05) is 0 Å². The molecule has 1 aromatic heterocycles. The molecule has 0 atom stereocenters. The van der Waals surface area contributed by atoms with Gasteiger partial charge >= 0.3 is 5.97 Å². The van der Waals surface area contributed by atoms with Crippen LogP contribution in [0.1, 0.15) is 30.2 Å². The largest absolute Gasteiger partial charge is 0.466 e. The molecule has 0 fully saturated rings. The molecule has 18 heavy (non-hydrogen) atoms. The van der Waals surface area contributed by atoms with Gasteiger partial charge in [-0.25, -0.2) is 13.8 Å². The van der Waals surface area contributed by atoms with Crippen LogP contribution in [0.2, 0.25) is 0 Å². The average molecular weight is 366 g/mol. The van der Waals surface area contributed by atoms with Gasteiger partial charge in [0.25, 0.3) is 6.43 Å². The molecular weight excluding hydrogens is 357 g/mol. The highest BCUT2D eigenvalue weighted by atomic mass is 127. The lowest BCUT2D eigenvalue weighted by Crippen LogP contribution is -2.11. The maximum atomic E-state index is 12.7. The van der Waals surface area contributed by atoms with Gasteiger partial charge in [-0.15, -0.1) is 0 Å². The Morgan fingerprint density at radius 1 is 1.67 bits per heavy atom. The Hall–Kier alpha value is -1.30. The summed E-state index contributed by atoms with van der Waals surface area (Å²) < 4.78 is 30.2. The predicted octanol–water partition coefficient (Wildman–Crippen LogP) is 2.60. The molecule has 0 saturated carbocycles. The molecule has 1 aromatic rings. The molecule has 0 aliphatic carbocycles. The first-order valence-electron chi connectivity index (χ1n) is 5.02. The minimum Gasteiger partial charge on any atom is -0.466 e. The number of alkyl halides is 2. The summed E-state index contributed by atoms with van der Waals surface area (Å²) in [5, 5.41) is 8.82. The van der Waals surface area contributed by atoms with Crippen molar-refractivity contribution >= 4 is 28.6 Å². The van der Waals surface area contributed by atoms with E-state index in [2.05, 4.69) is 4.98 Å². The number of nitriles is 1. The standard InChI is InChI=1S/C11H9F2IN2O2/c1-2-18-8(17)4-7-3-6(5-15)9(10(12)13)11(14)16-7/h3,10H,2,4H2,1H3. The van der Waals surface area contributed by atoms with E-state index in [1.165, 1.54) is 6.07 Å². The Morgan fingerprint density at radius 3 is 2.83 bits per heavy atom. The van der Waals surface area contributed by atoms with E-state index >= 15 is 0 Å². The van der Waals surface area contributed by atoms with Gasteiger partial charge < -0.3 is 4.74 Å². The fourth-order valence-corrected chi connectivity index (χ4v) is 2.16. The van der Waals surface area contributed by atoms with E-state index in [-0.39, 0.29) is 28.0 Å². The number of esters is 1. The van der Waals surface area contributed by atoms with Gasteiger partial charge in [-0.2, -0.15) is 5.26 Å². The van der Waals surface area contributed by atoms with E-state index in [1.54, 1.807) is 35.6 Å². The van der Waals surface area contributed by atoms with Gasteiger partial charge in [0.05, 0.1) is 35.9 Å². The second-order valence-corrected chi connectivity index (χ2v) is 4.28. The Kier molecular flexibility index (Phi) is 5.40. The lowest BCUT2D eigenvalue weighted by Gasteiger charge is -2.08. The summed E-state index contributed by atoms with van der Waals surface area (Å²) in [7, 11) is 0.